The molecule has 2 aromatic rings. The molecule has 0 unspecified atom stereocenters. The highest BCUT2D eigenvalue weighted by Crippen LogP contribution is 2.26. The number of amides is 1. The van der Waals surface area contributed by atoms with E-state index < -0.39 is 0 Å². The van der Waals surface area contributed by atoms with Gasteiger partial charge in [-0.05, 0) is 18.6 Å². The molecule has 6 nitrogen and oxygen atoms in total. The summed E-state index contributed by atoms with van der Waals surface area (Å²) in [6.07, 6.45) is 0.924. The van der Waals surface area contributed by atoms with Crippen molar-refractivity contribution in [3.63, 3.8) is 0 Å². The summed E-state index contributed by atoms with van der Waals surface area (Å²) in [6.45, 7) is 0.420. The lowest BCUT2D eigenvalue weighted by Gasteiger charge is -2.10. The Morgan fingerprint density at radius 2 is 1.75 bits per heavy atom. The Kier molecular flexibility index (Phi) is 6.31. The molecule has 0 radical (unpaired) electrons. The maximum atomic E-state index is 12.0. The van der Waals surface area contributed by atoms with Gasteiger partial charge in [0, 0.05) is 30.3 Å². The molecule has 128 valence electrons. The molecule has 3 N–H and O–H groups in total. The van der Waals surface area contributed by atoms with Crippen molar-refractivity contribution in [3.05, 3.63) is 42.5 Å². The van der Waals surface area contributed by atoms with Gasteiger partial charge in [0.15, 0.2) is 0 Å². The van der Waals surface area contributed by atoms with E-state index in [1.807, 2.05) is 12.1 Å². The van der Waals surface area contributed by atoms with Gasteiger partial charge in [-0.25, -0.2) is 0 Å². The van der Waals surface area contributed by atoms with Crippen LogP contribution < -0.4 is 25.3 Å². The molecule has 0 bridgehead atoms. The number of nitrogens with two attached hydrogens (primary N) is 1. The van der Waals surface area contributed by atoms with Crippen LogP contribution in [0.25, 0.3) is 0 Å². The molecule has 0 aliphatic carbocycles. The molecule has 24 heavy (non-hydrogen) atoms. The molecule has 0 fully saturated rings. The standard InChI is InChI=1S/C18H22N2O4/c1-22-14-10-13(11-15(12-14)23-2)20-18(21)8-5-9-24-17-7-4-3-6-16(17)19/h3-4,6-7,10-12H,5,8-9,19H2,1-2H3,(H,20,21). The van der Waals surface area contributed by atoms with Crippen LogP contribution in [0.4, 0.5) is 11.4 Å². The maximum Gasteiger partial charge on any atom is 0.224 e. The molecule has 2 rings (SSSR count). The predicted molar refractivity (Wildman–Crippen MR) is 93.8 cm³/mol. The summed E-state index contributed by atoms with van der Waals surface area (Å²) in [5, 5.41) is 2.82. The van der Waals surface area contributed by atoms with Crippen LogP contribution in [0.5, 0.6) is 17.2 Å². The highest BCUT2D eigenvalue weighted by molar-refractivity contribution is 5.91. The molecule has 0 saturated carbocycles. The van der Waals surface area contributed by atoms with Crippen molar-refractivity contribution in [1.29, 1.82) is 0 Å². The zero-order valence-electron chi connectivity index (χ0n) is 13.9. The first kappa shape index (κ1) is 17.5. The number of hydrogen-bond donors (Lipinski definition) is 2. The Balaban J connectivity index is 1.80. The summed E-state index contributed by atoms with van der Waals surface area (Å²) in [4.78, 5) is 12.0. The number of carbonyl (C=O) groups is 1. The normalized spacial score (nSPS) is 10.1. The molecule has 0 aromatic heterocycles. The minimum Gasteiger partial charge on any atom is -0.497 e. The van der Waals surface area contributed by atoms with Crippen LogP contribution in [0.15, 0.2) is 42.5 Å². The smallest absolute Gasteiger partial charge is 0.224 e. The highest BCUT2D eigenvalue weighted by atomic mass is 16.5. The third kappa shape index (κ3) is 5.08. The number of nitrogens with one attached hydrogen (secondary N) is 1. The summed E-state index contributed by atoms with van der Waals surface area (Å²) in [5.74, 6) is 1.77. The van der Waals surface area contributed by atoms with E-state index in [9.17, 15) is 4.79 Å². The molecule has 0 spiro atoms. The summed E-state index contributed by atoms with van der Waals surface area (Å²) in [6, 6.07) is 12.5. The lowest BCUT2D eigenvalue weighted by Crippen LogP contribution is -2.13. The highest BCUT2D eigenvalue weighted by Gasteiger charge is 2.07. The minimum absolute atomic E-state index is 0.102. The van der Waals surface area contributed by atoms with E-state index in [-0.39, 0.29) is 5.91 Å². The second-order valence-corrected chi connectivity index (χ2v) is 5.14. The van der Waals surface area contributed by atoms with Crippen molar-refractivity contribution in [2.75, 3.05) is 31.9 Å². The van der Waals surface area contributed by atoms with E-state index in [1.54, 1.807) is 44.6 Å². The molecular weight excluding hydrogens is 308 g/mol. The SMILES string of the molecule is COc1cc(NC(=O)CCCOc2ccccc2N)cc(OC)c1. The molecule has 6 heteroatoms. The molecule has 0 aliphatic heterocycles. The van der Waals surface area contributed by atoms with Gasteiger partial charge in [-0.2, -0.15) is 0 Å². The van der Waals surface area contributed by atoms with Crippen molar-refractivity contribution >= 4 is 17.3 Å². The van der Waals surface area contributed by atoms with Gasteiger partial charge >= 0.3 is 0 Å². The third-order valence-corrected chi connectivity index (χ3v) is 3.36. The second kappa shape index (κ2) is 8.67. The van der Waals surface area contributed by atoms with Crippen LogP contribution in [0.2, 0.25) is 0 Å². The minimum atomic E-state index is -0.102. The number of rotatable bonds is 8. The molecule has 0 aliphatic rings. The number of carbonyl (C=O) groups excluding carboxylic acids is 1. The van der Waals surface area contributed by atoms with Gasteiger partial charge in [-0.1, -0.05) is 12.1 Å². The third-order valence-electron chi connectivity index (χ3n) is 3.36. The summed E-state index contributed by atoms with van der Waals surface area (Å²) >= 11 is 0. The average Bonchev–Trinajstić information content (AvgIpc) is 2.59. The Morgan fingerprint density at radius 1 is 1.08 bits per heavy atom. The van der Waals surface area contributed by atoms with E-state index in [2.05, 4.69) is 5.32 Å². The van der Waals surface area contributed by atoms with E-state index >= 15 is 0 Å². The zero-order chi connectivity index (χ0) is 17.4. The predicted octanol–water partition coefficient (Wildman–Crippen LogP) is 3.08. The first-order valence-electron chi connectivity index (χ1n) is 7.62. The summed E-state index contributed by atoms with van der Waals surface area (Å²) in [5.41, 5.74) is 7.01. The number of para-hydroxylation sites is 2. The lowest BCUT2D eigenvalue weighted by molar-refractivity contribution is -0.116. The number of benzene rings is 2. The van der Waals surface area contributed by atoms with Gasteiger partial charge in [-0.3, -0.25) is 4.79 Å². The Labute approximate surface area is 141 Å². The number of ether oxygens (including phenoxy) is 3. The van der Waals surface area contributed by atoms with Gasteiger partial charge in [0.05, 0.1) is 26.5 Å². The summed E-state index contributed by atoms with van der Waals surface area (Å²) in [7, 11) is 3.12. The van der Waals surface area contributed by atoms with Gasteiger partial charge in [0.1, 0.15) is 17.2 Å². The number of nitrogen functional groups attached to an aromatic ring is 1. The quantitative estimate of drug-likeness (QED) is 0.574. The van der Waals surface area contributed by atoms with Gasteiger partial charge < -0.3 is 25.3 Å². The molecule has 2 aromatic carbocycles. The van der Waals surface area contributed by atoms with Crippen LogP contribution in [-0.4, -0.2) is 26.7 Å². The monoisotopic (exact) mass is 330 g/mol. The Bertz CT molecular complexity index is 666. The van der Waals surface area contributed by atoms with E-state index in [1.165, 1.54) is 0 Å². The molecule has 0 saturated heterocycles. The fourth-order valence-corrected chi connectivity index (χ4v) is 2.13. The fourth-order valence-electron chi connectivity index (χ4n) is 2.13. The number of methoxy groups -OCH3 is 2. The Hall–Kier alpha value is -2.89. The lowest BCUT2D eigenvalue weighted by atomic mass is 10.2. The van der Waals surface area contributed by atoms with Crippen LogP contribution in [-0.2, 0) is 4.79 Å². The topological polar surface area (TPSA) is 82.8 Å². The maximum absolute atomic E-state index is 12.0. The second-order valence-electron chi connectivity index (χ2n) is 5.14. The van der Waals surface area contributed by atoms with Crippen molar-refractivity contribution in [3.8, 4) is 17.2 Å². The van der Waals surface area contributed by atoms with Gasteiger partial charge in [0.2, 0.25) is 5.91 Å². The van der Waals surface area contributed by atoms with Crippen molar-refractivity contribution in [1.82, 2.24) is 0 Å². The molecule has 0 atom stereocenters. The summed E-state index contributed by atoms with van der Waals surface area (Å²) < 4.78 is 15.9. The fraction of sp³-hybridized carbons (Fsp3) is 0.278. The van der Waals surface area contributed by atoms with Crippen LogP contribution in [0.3, 0.4) is 0 Å². The van der Waals surface area contributed by atoms with Gasteiger partial charge in [-0.15, -0.1) is 0 Å². The van der Waals surface area contributed by atoms with E-state index in [0.29, 0.717) is 48.1 Å². The number of anilines is 2. The van der Waals surface area contributed by atoms with Crippen LogP contribution in [0, 0.1) is 0 Å². The zero-order valence-corrected chi connectivity index (χ0v) is 13.9. The van der Waals surface area contributed by atoms with Crippen LogP contribution >= 0.6 is 0 Å². The molecular formula is C18H22N2O4. The van der Waals surface area contributed by atoms with Gasteiger partial charge in [0.25, 0.3) is 0 Å². The molecule has 0 heterocycles. The Morgan fingerprint density at radius 3 is 2.38 bits per heavy atom. The first-order valence-corrected chi connectivity index (χ1v) is 7.62. The first-order chi connectivity index (χ1) is 11.6. The van der Waals surface area contributed by atoms with Crippen molar-refractivity contribution in [2.24, 2.45) is 0 Å². The van der Waals surface area contributed by atoms with Crippen molar-refractivity contribution < 1.29 is 19.0 Å². The van der Waals surface area contributed by atoms with E-state index in [0.717, 1.165) is 0 Å². The van der Waals surface area contributed by atoms with Crippen LogP contribution in [0.1, 0.15) is 12.8 Å². The largest absolute Gasteiger partial charge is 0.497 e. The van der Waals surface area contributed by atoms with E-state index in [4.69, 9.17) is 19.9 Å². The molecule has 1 amide bonds. The average molecular weight is 330 g/mol. The van der Waals surface area contributed by atoms with Crippen molar-refractivity contribution in [2.45, 2.75) is 12.8 Å². The number of hydrogen-bond acceptors (Lipinski definition) is 5.